The van der Waals surface area contributed by atoms with Gasteiger partial charge in [0.1, 0.15) is 5.82 Å². The van der Waals surface area contributed by atoms with Crippen molar-refractivity contribution >= 4 is 21.9 Å². The molecule has 2 heterocycles. The van der Waals surface area contributed by atoms with Crippen molar-refractivity contribution in [2.45, 2.75) is 13.0 Å². The largest absolute Gasteiger partial charge is 0.356 e. The highest BCUT2D eigenvalue weighted by Crippen LogP contribution is 2.18. The number of halogens is 2. The van der Waals surface area contributed by atoms with Crippen LogP contribution in [0.1, 0.15) is 11.1 Å². The highest BCUT2D eigenvalue weighted by molar-refractivity contribution is 9.10. The lowest BCUT2D eigenvalue weighted by Crippen LogP contribution is -2.52. The molecule has 8 heteroatoms. The van der Waals surface area contributed by atoms with E-state index < -0.39 is 0 Å². The number of rotatable bonds is 5. The van der Waals surface area contributed by atoms with E-state index in [1.807, 2.05) is 37.2 Å². The molecule has 6 nitrogen and oxygen atoms in total. The minimum absolute atomic E-state index is 0.204. The molecule has 146 valence electrons. The molecule has 0 bridgehead atoms. The molecule has 27 heavy (non-hydrogen) atoms. The smallest absolute Gasteiger partial charge is 0.193 e. The standard InChI is InChI=1S/C19H26BrFN6/c1-22-19(23-6-5-16-12-24-25(2)13-16)27-9-7-26(8-10-27)14-15-3-4-17(20)18(21)11-15/h3-4,11-13H,5-10,14H2,1-2H3,(H,22,23). The zero-order valence-corrected chi connectivity index (χ0v) is 17.4. The van der Waals surface area contributed by atoms with Crippen LogP contribution in [0.25, 0.3) is 0 Å². The Kier molecular flexibility index (Phi) is 6.84. The molecule has 1 N–H and O–H groups in total. The van der Waals surface area contributed by atoms with Gasteiger partial charge in [0.2, 0.25) is 0 Å². The van der Waals surface area contributed by atoms with Gasteiger partial charge in [0.15, 0.2) is 5.96 Å². The van der Waals surface area contributed by atoms with Crippen molar-refractivity contribution in [3.63, 3.8) is 0 Å². The predicted octanol–water partition coefficient (Wildman–Crippen LogP) is 2.26. The average molecular weight is 437 g/mol. The van der Waals surface area contributed by atoms with Crippen LogP contribution in [0.4, 0.5) is 4.39 Å². The summed E-state index contributed by atoms with van der Waals surface area (Å²) in [6.07, 6.45) is 4.85. The number of nitrogens with one attached hydrogen (secondary N) is 1. The van der Waals surface area contributed by atoms with Crippen LogP contribution in [0.3, 0.4) is 0 Å². The van der Waals surface area contributed by atoms with E-state index in [0.717, 1.165) is 57.2 Å². The summed E-state index contributed by atoms with van der Waals surface area (Å²) in [6.45, 7) is 5.28. The Hall–Kier alpha value is -1.93. The third-order valence-electron chi connectivity index (χ3n) is 4.73. The van der Waals surface area contributed by atoms with Crippen LogP contribution in [0.15, 0.2) is 40.1 Å². The number of hydrogen-bond acceptors (Lipinski definition) is 3. The SMILES string of the molecule is CN=C(NCCc1cnn(C)c1)N1CCN(Cc2ccc(Br)c(F)c2)CC1. The van der Waals surface area contributed by atoms with Gasteiger partial charge >= 0.3 is 0 Å². The van der Waals surface area contributed by atoms with E-state index in [1.54, 1.807) is 12.1 Å². The van der Waals surface area contributed by atoms with Crippen molar-refractivity contribution in [1.29, 1.82) is 0 Å². The van der Waals surface area contributed by atoms with Gasteiger partial charge in [0.05, 0.1) is 10.7 Å². The van der Waals surface area contributed by atoms with Gasteiger partial charge in [-0.05, 0) is 45.6 Å². The molecule has 0 amide bonds. The number of hydrogen-bond donors (Lipinski definition) is 1. The Morgan fingerprint density at radius 1 is 1.26 bits per heavy atom. The predicted molar refractivity (Wildman–Crippen MR) is 109 cm³/mol. The Morgan fingerprint density at radius 3 is 2.67 bits per heavy atom. The van der Waals surface area contributed by atoms with Gasteiger partial charge in [-0.15, -0.1) is 0 Å². The zero-order chi connectivity index (χ0) is 19.2. The second kappa shape index (κ2) is 9.32. The van der Waals surface area contributed by atoms with Gasteiger partial charge in [-0.25, -0.2) is 4.39 Å². The number of guanidine groups is 1. The maximum Gasteiger partial charge on any atom is 0.193 e. The summed E-state index contributed by atoms with van der Waals surface area (Å²) in [6, 6.07) is 5.35. The number of aryl methyl sites for hydroxylation is 1. The van der Waals surface area contributed by atoms with E-state index in [2.05, 4.69) is 41.1 Å². The molecule has 3 rings (SSSR count). The van der Waals surface area contributed by atoms with Crippen molar-refractivity contribution in [3.05, 3.63) is 52.0 Å². The van der Waals surface area contributed by atoms with Crippen LogP contribution in [-0.4, -0.2) is 65.3 Å². The third-order valence-corrected chi connectivity index (χ3v) is 5.37. The minimum Gasteiger partial charge on any atom is -0.356 e. The van der Waals surface area contributed by atoms with Crippen LogP contribution in [-0.2, 0) is 20.0 Å². The zero-order valence-electron chi connectivity index (χ0n) is 15.8. The molecule has 1 fully saturated rings. The molecule has 1 aliphatic heterocycles. The lowest BCUT2D eigenvalue weighted by Gasteiger charge is -2.36. The number of piperazine rings is 1. The first-order valence-electron chi connectivity index (χ1n) is 9.14. The van der Waals surface area contributed by atoms with E-state index in [0.29, 0.717) is 4.47 Å². The second-order valence-corrected chi connectivity index (χ2v) is 7.61. The monoisotopic (exact) mass is 436 g/mol. The molecule has 0 aliphatic carbocycles. The quantitative estimate of drug-likeness (QED) is 0.576. The molecule has 1 saturated heterocycles. The summed E-state index contributed by atoms with van der Waals surface area (Å²) in [5, 5.41) is 7.63. The molecule has 1 aromatic heterocycles. The molecule has 1 aliphatic rings. The van der Waals surface area contributed by atoms with Gasteiger partial charge in [-0.2, -0.15) is 5.10 Å². The molecule has 2 aromatic rings. The number of aromatic nitrogens is 2. The van der Waals surface area contributed by atoms with Crippen molar-refractivity contribution < 1.29 is 4.39 Å². The van der Waals surface area contributed by atoms with Gasteiger partial charge in [0.25, 0.3) is 0 Å². The highest BCUT2D eigenvalue weighted by Gasteiger charge is 2.19. The summed E-state index contributed by atoms with van der Waals surface area (Å²) < 4.78 is 16.0. The Labute approximate surface area is 168 Å². The fourth-order valence-corrected chi connectivity index (χ4v) is 3.51. The molecule has 0 spiro atoms. The topological polar surface area (TPSA) is 48.7 Å². The Bertz CT molecular complexity index is 782. The van der Waals surface area contributed by atoms with Crippen molar-refractivity contribution in [1.82, 2.24) is 24.9 Å². The normalized spacial score (nSPS) is 16.0. The summed E-state index contributed by atoms with van der Waals surface area (Å²) in [5.74, 6) is 0.734. The Balaban J connectivity index is 1.44. The first-order valence-corrected chi connectivity index (χ1v) is 9.94. The maximum absolute atomic E-state index is 13.7. The lowest BCUT2D eigenvalue weighted by atomic mass is 10.2. The van der Waals surface area contributed by atoms with Gasteiger partial charge in [-0.3, -0.25) is 14.6 Å². The van der Waals surface area contributed by atoms with E-state index in [-0.39, 0.29) is 5.82 Å². The molecule has 0 radical (unpaired) electrons. The molecule has 1 aromatic carbocycles. The van der Waals surface area contributed by atoms with Crippen LogP contribution in [0, 0.1) is 5.82 Å². The first kappa shape index (κ1) is 19.8. The molecule has 0 saturated carbocycles. The first-order chi connectivity index (χ1) is 13.0. The minimum atomic E-state index is -0.204. The summed E-state index contributed by atoms with van der Waals surface area (Å²) >= 11 is 3.20. The molecule has 0 atom stereocenters. The summed E-state index contributed by atoms with van der Waals surface area (Å²) in [4.78, 5) is 9.04. The van der Waals surface area contributed by atoms with Crippen LogP contribution < -0.4 is 5.32 Å². The molecule has 0 unspecified atom stereocenters. The van der Waals surface area contributed by atoms with Crippen molar-refractivity contribution in [2.24, 2.45) is 12.0 Å². The second-order valence-electron chi connectivity index (χ2n) is 6.76. The van der Waals surface area contributed by atoms with E-state index in [9.17, 15) is 4.39 Å². The number of aliphatic imine (C=N–C) groups is 1. The number of nitrogens with zero attached hydrogens (tertiary/aromatic N) is 5. The van der Waals surface area contributed by atoms with E-state index >= 15 is 0 Å². The van der Waals surface area contributed by atoms with Gasteiger partial charge in [-0.1, -0.05) is 6.07 Å². The fourth-order valence-electron chi connectivity index (χ4n) is 3.27. The molecular weight excluding hydrogens is 411 g/mol. The molecular formula is C19H26BrFN6. The number of benzene rings is 1. The van der Waals surface area contributed by atoms with E-state index in [1.165, 1.54) is 5.56 Å². The summed E-state index contributed by atoms with van der Waals surface area (Å²) in [5.41, 5.74) is 2.22. The van der Waals surface area contributed by atoms with Crippen LogP contribution >= 0.6 is 15.9 Å². The summed E-state index contributed by atoms with van der Waals surface area (Å²) in [7, 11) is 3.75. The van der Waals surface area contributed by atoms with Crippen LogP contribution in [0.2, 0.25) is 0 Å². The van der Waals surface area contributed by atoms with E-state index in [4.69, 9.17) is 0 Å². The highest BCUT2D eigenvalue weighted by atomic mass is 79.9. The van der Waals surface area contributed by atoms with Gasteiger partial charge < -0.3 is 10.2 Å². The Morgan fingerprint density at radius 2 is 2.04 bits per heavy atom. The average Bonchev–Trinajstić information content (AvgIpc) is 3.08. The lowest BCUT2D eigenvalue weighted by molar-refractivity contribution is 0.172. The van der Waals surface area contributed by atoms with Crippen molar-refractivity contribution in [3.8, 4) is 0 Å². The van der Waals surface area contributed by atoms with Crippen molar-refractivity contribution in [2.75, 3.05) is 39.8 Å². The fraction of sp³-hybridized carbons (Fsp3) is 0.474. The van der Waals surface area contributed by atoms with Gasteiger partial charge in [0, 0.05) is 59.6 Å². The maximum atomic E-state index is 13.7. The van der Waals surface area contributed by atoms with Crippen LogP contribution in [0.5, 0.6) is 0 Å². The third kappa shape index (κ3) is 5.52.